The molecule has 0 saturated carbocycles. The lowest BCUT2D eigenvalue weighted by Gasteiger charge is -2.20. The summed E-state index contributed by atoms with van der Waals surface area (Å²) in [5.41, 5.74) is 1.61. The monoisotopic (exact) mass is 287 g/mol. The number of carboxylic acids is 1. The van der Waals surface area contributed by atoms with Gasteiger partial charge in [0.05, 0.1) is 12.1 Å². The molecule has 1 fully saturated rings. The summed E-state index contributed by atoms with van der Waals surface area (Å²) in [5, 5.41) is 17.2. The Kier molecular flexibility index (Phi) is 3.92. The summed E-state index contributed by atoms with van der Waals surface area (Å²) >= 11 is 0. The maximum atomic E-state index is 10.8. The fourth-order valence-electron chi connectivity index (χ4n) is 2.53. The predicted octanol–water partition coefficient (Wildman–Crippen LogP) is 0.621. The van der Waals surface area contributed by atoms with Crippen LogP contribution in [-0.2, 0) is 4.79 Å². The van der Waals surface area contributed by atoms with Gasteiger partial charge < -0.3 is 10.0 Å². The number of nitrogens with zero attached hydrogens (tertiary/aromatic N) is 5. The van der Waals surface area contributed by atoms with Crippen molar-refractivity contribution in [3.8, 4) is 0 Å². The molecule has 1 aromatic carbocycles. The Bertz CT molecular complexity index is 648. The molecule has 1 aliphatic heterocycles. The van der Waals surface area contributed by atoms with E-state index in [4.69, 9.17) is 5.11 Å². The minimum absolute atomic E-state index is 0.0880. The number of carbonyl (C=O) groups is 1. The number of rotatable bonds is 3. The fourth-order valence-corrected chi connectivity index (χ4v) is 2.53. The third-order valence-corrected chi connectivity index (χ3v) is 3.58. The summed E-state index contributed by atoms with van der Waals surface area (Å²) in [4.78, 5) is 19.3. The molecule has 1 N–H and O–H groups in total. The molecule has 7 nitrogen and oxygen atoms in total. The fraction of sp³-hybridized carbons (Fsp3) is 0.429. The van der Waals surface area contributed by atoms with Crippen molar-refractivity contribution in [1.82, 2.24) is 20.1 Å². The first-order chi connectivity index (χ1) is 10.2. The largest absolute Gasteiger partial charge is 0.480 e. The van der Waals surface area contributed by atoms with E-state index in [9.17, 15) is 4.79 Å². The van der Waals surface area contributed by atoms with E-state index in [1.165, 1.54) is 0 Å². The highest BCUT2D eigenvalue weighted by atomic mass is 16.4. The first-order valence-electron chi connectivity index (χ1n) is 7.01. The highest BCUT2D eigenvalue weighted by Crippen LogP contribution is 2.14. The highest BCUT2D eigenvalue weighted by molar-refractivity contribution is 5.74. The number of hydrogen-bond acceptors (Lipinski definition) is 6. The van der Waals surface area contributed by atoms with Crippen LogP contribution in [0.5, 0.6) is 0 Å². The van der Waals surface area contributed by atoms with Crippen molar-refractivity contribution in [2.24, 2.45) is 0 Å². The number of anilines is 1. The highest BCUT2D eigenvalue weighted by Gasteiger charge is 2.18. The van der Waals surface area contributed by atoms with Gasteiger partial charge in [-0.3, -0.25) is 9.69 Å². The van der Waals surface area contributed by atoms with E-state index in [2.05, 4.69) is 20.1 Å². The number of hydrogen-bond donors (Lipinski definition) is 1. The van der Waals surface area contributed by atoms with Crippen molar-refractivity contribution in [2.75, 3.05) is 37.6 Å². The second kappa shape index (κ2) is 6.01. The molecule has 110 valence electrons. The molecule has 1 aliphatic rings. The van der Waals surface area contributed by atoms with Crippen LogP contribution >= 0.6 is 0 Å². The van der Waals surface area contributed by atoms with Crippen LogP contribution in [0.1, 0.15) is 6.42 Å². The summed E-state index contributed by atoms with van der Waals surface area (Å²) < 4.78 is 0. The number of carboxylic acid groups (broad SMARTS) is 1. The van der Waals surface area contributed by atoms with Gasteiger partial charge in [-0.2, -0.15) is 0 Å². The zero-order valence-corrected chi connectivity index (χ0v) is 11.6. The molecule has 0 spiro atoms. The molecule has 7 heteroatoms. The second-order valence-corrected chi connectivity index (χ2v) is 5.11. The van der Waals surface area contributed by atoms with Gasteiger partial charge in [0.25, 0.3) is 0 Å². The van der Waals surface area contributed by atoms with E-state index in [1.807, 2.05) is 29.2 Å². The van der Waals surface area contributed by atoms with Crippen LogP contribution in [0.3, 0.4) is 0 Å². The van der Waals surface area contributed by atoms with Crippen LogP contribution in [0, 0.1) is 0 Å². The van der Waals surface area contributed by atoms with Crippen molar-refractivity contribution >= 4 is 23.0 Å². The van der Waals surface area contributed by atoms with Crippen molar-refractivity contribution in [3.63, 3.8) is 0 Å². The van der Waals surface area contributed by atoms with Crippen molar-refractivity contribution < 1.29 is 9.90 Å². The Labute approximate surface area is 122 Å². The SMILES string of the molecule is O=C(O)CN1CCCN(c2nnc3ccccc3n2)CC1. The van der Waals surface area contributed by atoms with Gasteiger partial charge in [0, 0.05) is 26.2 Å². The minimum atomic E-state index is -0.785. The van der Waals surface area contributed by atoms with Gasteiger partial charge in [-0.25, -0.2) is 4.98 Å². The van der Waals surface area contributed by atoms with Crippen LogP contribution in [0.2, 0.25) is 0 Å². The molecule has 0 aliphatic carbocycles. The molecule has 0 amide bonds. The van der Waals surface area contributed by atoms with E-state index < -0.39 is 5.97 Å². The number of aromatic nitrogens is 3. The molecule has 0 radical (unpaired) electrons. The maximum absolute atomic E-state index is 10.8. The molecule has 2 heterocycles. The number of aliphatic carboxylic acids is 1. The van der Waals surface area contributed by atoms with E-state index in [1.54, 1.807) is 0 Å². The second-order valence-electron chi connectivity index (χ2n) is 5.11. The lowest BCUT2D eigenvalue weighted by atomic mass is 10.3. The molecular weight excluding hydrogens is 270 g/mol. The normalized spacial score (nSPS) is 16.9. The minimum Gasteiger partial charge on any atom is -0.480 e. The van der Waals surface area contributed by atoms with Crippen molar-refractivity contribution in [2.45, 2.75) is 6.42 Å². The van der Waals surface area contributed by atoms with Crippen LogP contribution in [-0.4, -0.2) is 63.9 Å². The maximum Gasteiger partial charge on any atom is 0.317 e. The molecule has 21 heavy (non-hydrogen) atoms. The first-order valence-corrected chi connectivity index (χ1v) is 7.01. The van der Waals surface area contributed by atoms with E-state index in [0.717, 1.165) is 30.5 Å². The van der Waals surface area contributed by atoms with Gasteiger partial charge in [0.1, 0.15) is 5.52 Å². The lowest BCUT2D eigenvalue weighted by Crippen LogP contribution is -2.34. The molecule has 2 aromatic rings. The molecule has 0 atom stereocenters. The standard InChI is InChI=1S/C14H17N5O2/c20-13(21)10-18-6-3-7-19(9-8-18)14-15-11-4-1-2-5-12(11)16-17-14/h1-2,4-5H,3,6-10H2,(H,20,21). The van der Waals surface area contributed by atoms with E-state index in [0.29, 0.717) is 19.0 Å². The van der Waals surface area contributed by atoms with Crippen molar-refractivity contribution in [1.29, 1.82) is 0 Å². The topological polar surface area (TPSA) is 82.5 Å². The van der Waals surface area contributed by atoms with Gasteiger partial charge in [-0.15, -0.1) is 10.2 Å². The molecular formula is C14H17N5O2. The predicted molar refractivity (Wildman–Crippen MR) is 78.2 cm³/mol. The zero-order chi connectivity index (χ0) is 14.7. The first kappa shape index (κ1) is 13.7. The Morgan fingerprint density at radius 2 is 1.90 bits per heavy atom. The molecule has 1 aromatic heterocycles. The Morgan fingerprint density at radius 1 is 1.10 bits per heavy atom. The van der Waals surface area contributed by atoms with Crippen molar-refractivity contribution in [3.05, 3.63) is 24.3 Å². The average Bonchev–Trinajstić information content (AvgIpc) is 2.72. The summed E-state index contributed by atoms with van der Waals surface area (Å²) in [7, 11) is 0. The van der Waals surface area contributed by atoms with Gasteiger partial charge in [0.2, 0.25) is 5.95 Å². The van der Waals surface area contributed by atoms with Gasteiger partial charge >= 0.3 is 5.97 Å². The molecule has 3 rings (SSSR count). The smallest absolute Gasteiger partial charge is 0.317 e. The van der Waals surface area contributed by atoms with E-state index in [-0.39, 0.29) is 6.54 Å². The summed E-state index contributed by atoms with van der Waals surface area (Å²) in [6.07, 6.45) is 0.892. The summed E-state index contributed by atoms with van der Waals surface area (Å²) in [6, 6.07) is 7.64. The van der Waals surface area contributed by atoms with Crippen LogP contribution < -0.4 is 4.90 Å². The third-order valence-electron chi connectivity index (χ3n) is 3.58. The van der Waals surface area contributed by atoms with Gasteiger partial charge in [-0.1, -0.05) is 12.1 Å². The lowest BCUT2D eigenvalue weighted by molar-refractivity contribution is -0.138. The Morgan fingerprint density at radius 3 is 2.71 bits per heavy atom. The number of para-hydroxylation sites is 1. The Hall–Kier alpha value is -2.28. The quantitative estimate of drug-likeness (QED) is 0.886. The third kappa shape index (κ3) is 3.25. The average molecular weight is 287 g/mol. The zero-order valence-electron chi connectivity index (χ0n) is 11.6. The number of fused-ring (bicyclic) bond motifs is 1. The van der Waals surface area contributed by atoms with Gasteiger partial charge in [0.15, 0.2) is 0 Å². The summed E-state index contributed by atoms with van der Waals surface area (Å²) in [5.74, 6) is -0.169. The molecule has 0 bridgehead atoms. The number of benzene rings is 1. The van der Waals surface area contributed by atoms with Crippen LogP contribution in [0.25, 0.3) is 11.0 Å². The molecule has 0 unspecified atom stereocenters. The molecule has 1 saturated heterocycles. The van der Waals surface area contributed by atoms with Crippen LogP contribution in [0.15, 0.2) is 24.3 Å². The van der Waals surface area contributed by atoms with Gasteiger partial charge in [-0.05, 0) is 18.6 Å². The summed E-state index contributed by atoms with van der Waals surface area (Å²) in [6.45, 7) is 3.10. The van der Waals surface area contributed by atoms with Crippen LogP contribution in [0.4, 0.5) is 5.95 Å². The Balaban J connectivity index is 1.74. The van der Waals surface area contributed by atoms with E-state index >= 15 is 0 Å².